The number of amides is 3. The molecular weight excluding hydrogens is 450 g/mol. The number of rotatable bonds is 12. The summed E-state index contributed by atoms with van der Waals surface area (Å²) in [6.45, 7) is 12.5. The van der Waals surface area contributed by atoms with Crippen molar-refractivity contribution in [3.05, 3.63) is 29.3 Å². The van der Waals surface area contributed by atoms with Gasteiger partial charge in [-0.05, 0) is 52.0 Å². The molecule has 0 saturated carbocycles. The van der Waals surface area contributed by atoms with Gasteiger partial charge in [-0.15, -0.1) is 0 Å². The number of phenolic OH excluding ortho intramolecular Hbond substituents is 1. The Kier molecular flexibility index (Phi) is 12.0. The predicted octanol–water partition coefficient (Wildman–Crippen LogP) is 3.42. The van der Waals surface area contributed by atoms with E-state index in [9.17, 15) is 24.6 Å². The molecular formula is C26H43N3O6. The van der Waals surface area contributed by atoms with Gasteiger partial charge in [-0.1, -0.05) is 45.4 Å². The van der Waals surface area contributed by atoms with Gasteiger partial charge in [-0.25, -0.2) is 4.79 Å². The third-order valence-electron chi connectivity index (χ3n) is 5.27. The summed E-state index contributed by atoms with van der Waals surface area (Å²) in [5.41, 5.74) is 0.0484. The van der Waals surface area contributed by atoms with Crippen LogP contribution in [0, 0.1) is 12.8 Å². The molecule has 0 heterocycles. The lowest BCUT2D eigenvalue weighted by Crippen LogP contribution is -2.54. The van der Waals surface area contributed by atoms with Crippen LogP contribution in [-0.4, -0.2) is 64.4 Å². The lowest BCUT2D eigenvalue weighted by molar-refractivity contribution is -0.143. The molecule has 9 nitrogen and oxygen atoms in total. The molecule has 1 rings (SSSR count). The smallest absolute Gasteiger partial charge is 0.408 e. The first-order valence-electron chi connectivity index (χ1n) is 12.3. The average Bonchev–Trinajstić information content (AvgIpc) is 2.73. The van der Waals surface area contributed by atoms with Crippen LogP contribution in [0.15, 0.2) is 18.2 Å². The Labute approximate surface area is 209 Å². The van der Waals surface area contributed by atoms with Crippen molar-refractivity contribution in [1.82, 2.24) is 15.5 Å². The van der Waals surface area contributed by atoms with Crippen LogP contribution < -0.4 is 10.6 Å². The minimum Gasteiger partial charge on any atom is -0.507 e. The van der Waals surface area contributed by atoms with E-state index in [-0.39, 0.29) is 23.8 Å². The van der Waals surface area contributed by atoms with Gasteiger partial charge in [0, 0.05) is 18.7 Å². The van der Waals surface area contributed by atoms with Gasteiger partial charge in [0.05, 0.1) is 6.61 Å². The Balaban J connectivity index is 3.46. The zero-order chi connectivity index (χ0) is 26.8. The van der Waals surface area contributed by atoms with Gasteiger partial charge in [0.25, 0.3) is 0 Å². The fourth-order valence-electron chi connectivity index (χ4n) is 3.66. The normalized spacial score (nSPS) is 13.2. The average molecular weight is 494 g/mol. The van der Waals surface area contributed by atoms with Gasteiger partial charge >= 0.3 is 6.09 Å². The second-order valence-electron chi connectivity index (χ2n) is 10.1. The van der Waals surface area contributed by atoms with Gasteiger partial charge in [-0.3, -0.25) is 9.59 Å². The van der Waals surface area contributed by atoms with E-state index in [1.165, 1.54) is 4.90 Å². The largest absolute Gasteiger partial charge is 0.507 e. The van der Waals surface area contributed by atoms with Gasteiger partial charge < -0.3 is 30.5 Å². The van der Waals surface area contributed by atoms with Gasteiger partial charge in [-0.2, -0.15) is 0 Å². The van der Waals surface area contributed by atoms with Crippen LogP contribution >= 0.6 is 0 Å². The van der Waals surface area contributed by atoms with E-state index < -0.39 is 42.2 Å². The summed E-state index contributed by atoms with van der Waals surface area (Å²) in [6, 6.07) is 2.80. The van der Waals surface area contributed by atoms with E-state index in [1.807, 2.05) is 20.8 Å². The minimum absolute atomic E-state index is 0.0408. The molecule has 0 aliphatic heterocycles. The second-order valence-corrected chi connectivity index (χ2v) is 10.1. The highest BCUT2D eigenvalue weighted by atomic mass is 16.6. The lowest BCUT2D eigenvalue weighted by Gasteiger charge is -2.35. The molecule has 0 fully saturated rings. The third kappa shape index (κ3) is 9.76. The molecule has 198 valence electrons. The van der Waals surface area contributed by atoms with Crippen LogP contribution in [0.25, 0.3) is 0 Å². The third-order valence-corrected chi connectivity index (χ3v) is 5.27. The zero-order valence-corrected chi connectivity index (χ0v) is 22.2. The summed E-state index contributed by atoms with van der Waals surface area (Å²) >= 11 is 0. The van der Waals surface area contributed by atoms with Crippen LogP contribution in [-0.2, 0) is 14.3 Å². The number of aromatic hydroxyl groups is 1. The number of nitrogens with zero attached hydrogens (tertiary/aromatic N) is 1. The van der Waals surface area contributed by atoms with E-state index in [0.29, 0.717) is 18.5 Å². The van der Waals surface area contributed by atoms with Crippen LogP contribution in [0.1, 0.15) is 78.0 Å². The first-order valence-corrected chi connectivity index (χ1v) is 12.3. The Morgan fingerprint density at radius 3 is 2.37 bits per heavy atom. The Hall–Kier alpha value is -2.81. The molecule has 4 N–H and O–H groups in total. The van der Waals surface area contributed by atoms with Crippen molar-refractivity contribution < 1.29 is 29.3 Å². The number of unbranched alkanes of at least 4 members (excludes halogenated alkanes) is 1. The summed E-state index contributed by atoms with van der Waals surface area (Å²) in [5.74, 6) is -1.07. The number of alkyl carbamates (subject to hydrolysis) is 1. The van der Waals surface area contributed by atoms with Crippen molar-refractivity contribution in [2.75, 3.05) is 19.7 Å². The summed E-state index contributed by atoms with van der Waals surface area (Å²) in [6.07, 6.45) is 1.17. The summed E-state index contributed by atoms with van der Waals surface area (Å²) in [4.78, 5) is 40.9. The minimum atomic E-state index is -1.19. The fourth-order valence-corrected chi connectivity index (χ4v) is 3.66. The van der Waals surface area contributed by atoms with E-state index in [0.717, 1.165) is 12.8 Å². The molecule has 0 aromatic heterocycles. The maximum absolute atomic E-state index is 13.8. The Bertz CT molecular complexity index is 850. The maximum atomic E-state index is 13.8. The monoisotopic (exact) mass is 493 g/mol. The number of hydrogen-bond donors (Lipinski definition) is 4. The van der Waals surface area contributed by atoms with Gasteiger partial charge in [0.15, 0.2) is 0 Å². The number of aliphatic hydroxyl groups is 1. The predicted molar refractivity (Wildman–Crippen MR) is 135 cm³/mol. The molecule has 35 heavy (non-hydrogen) atoms. The SMILES string of the molecule is CCCCNC(=O)C(c1cccc(C)c1O)N(CCO)C(=O)C(CC(C)C)NC(=O)OC(C)(C)C. The first kappa shape index (κ1) is 30.2. The molecule has 3 amide bonds. The zero-order valence-electron chi connectivity index (χ0n) is 22.2. The second kappa shape index (κ2) is 13.9. The van der Waals surface area contributed by atoms with Crippen LogP contribution in [0.2, 0.25) is 0 Å². The highest BCUT2D eigenvalue weighted by Gasteiger charge is 2.37. The van der Waals surface area contributed by atoms with E-state index in [2.05, 4.69) is 10.6 Å². The van der Waals surface area contributed by atoms with Gasteiger partial charge in [0.2, 0.25) is 11.8 Å². The number of ether oxygens (including phenoxy) is 1. The van der Waals surface area contributed by atoms with Crippen molar-refractivity contribution in [2.24, 2.45) is 5.92 Å². The van der Waals surface area contributed by atoms with Crippen LogP contribution in [0.5, 0.6) is 5.75 Å². The number of phenols is 1. The maximum Gasteiger partial charge on any atom is 0.408 e. The Morgan fingerprint density at radius 2 is 1.83 bits per heavy atom. The molecule has 0 spiro atoms. The highest BCUT2D eigenvalue weighted by Crippen LogP contribution is 2.32. The number of carbonyl (C=O) groups is 3. The molecule has 1 aromatic rings. The summed E-state index contributed by atoms with van der Waals surface area (Å²) in [7, 11) is 0. The molecule has 0 bridgehead atoms. The number of benzene rings is 1. The van der Waals surface area contributed by atoms with E-state index in [4.69, 9.17) is 4.74 Å². The molecule has 0 aliphatic carbocycles. The molecule has 1 aromatic carbocycles. The number of carbonyl (C=O) groups excluding carboxylic acids is 3. The molecule has 2 unspecified atom stereocenters. The van der Waals surface area contributed by atoms with Gasteiger partial charge in [0.1, 0.15) is 23.4 Å². The molecule has 9 heteroatoms. The number of nitrogens with one attached hydrogen (secondary N) is 2. The lowest BCUT2D eigenvalue weighted by atomic mass is 9.97. The summed E-state index contributed by atoms with van der Waals surface area (Å²) < 4.78 is 5.34. The topological polar surface area (TPSA) is 128 Å². The highest BCUT2D eigenvalue weighted by molar-refractivity contribution is 5.92. The number of hydrogen-bond acceptors (Lipinski definition) is 6. The fraction of sp³-hybridized carbons (Fsp3) is 0.654. The van der Waals surface area contributed by atoms with Crippen LogP contribution in [0.4, 0.5) is 4.79 Å². The number of aliphatic hydroxyl groups excluding tert-OH is 1. The first-order chi connectivity index (χ1) is 16.3. The van der Waals surface area contributed by atoms with Crippen molar-refractivity contribution >= 4 is 17.9 Å². The van der Waals surface area contributed by atoms with Crippen LogP contribution in [0.3, 0.4) is 0 Å². The summed E-state index contributed by atoms with van der Waals surface area (Å²) in [5, 5.41) is 26.0. The molecule has 0 aliphatic rings. The standard InChI is InChI=1S/C26H43N3O6/c1-8-9-13-27-23(32)21(19-12-10-11-18(4)22(19)31)29(14-15-30)24(33)20(16-17(2)3)28-25(34)35-26(5,6)7/h10-12,17,20-21,30-31H,8-9,13-16H2,1-7H3,(H,27,32)(H,28,34). The van der Waals surface area contributed by atoms with E-state index >= 15 is 0 Å². The van der Waals surface area contributed by atoms with Crippen molar-refractivity contribution in [3.63, 3.8) is 0 Å². The Morgan fingerprint density at radius 1 is 1.17 bits per heavy atom. The van der Waals surface area contributed by atoms with Crippen molar-refractivity contribution in [3.8, 4) is 5.75 Å². The number of aryl methyl sites for hydroxylation is 1. The molecule has 0 saturated heterocycles. The molecule has 0 radical (unpaired) electrons. The van der Waals surface area contributed by atoms with Crippen molar-refractivity contribution in [1.29, 1.82) is 0 Å². The van der Waals surface area contributed by atoms with E-state index in [1.54, 1.807) is 45.9 Å². The van der Waals surface area contributed by atoms with Crippen molar-refractivity contribution in [2.45, 2.75) is 85.4 Å². The quantitative estimate of drug-likeness (QED) is 0.330. The molecule has 2 atom stereocenters. The number of para-hydroxylation sites is 1.